The van der Waals surface area contributed by atoms with Crippen LogP contribution < -0.4 is 19.7 Å². The summed E-state index contributed by atoms with van der Waals surface area (Å²) >= 11 is 0. The average molecular weight is 483 g/mol. The highest BCUT2D eigenvalue weighted by atomic mass is 16.5. The Kier molecular flexibility index (Phi) is 6.36. The maximum atomic E-state index is 13.3. The van der Waals surface area contributed by atoms with E-state index in [-0.39, 0.29) is 18.5 Å². The van der Waals surface area contributed by atoms with Crippen LogP contribution in [0.25, 0.3) is 5.70 Å². The highest BCUT2D eigenvalue weighted by Crippen LogP contribution is 2.36. The third-order valence-electron chi connectivity index (χ3n) is 6.06. The van der Waals surface area contributed by atoms with Crippen molar-refractivity contribution in [3.8, 4) is 11.5 Å². The lowest BCUT2D eigenvalue weighted by molar-refractivity contribution is -0.114. The molecule has 1 aliphatic heterocycles. The molecule has 0 saturated carbocycles. The standard InChI is InChI=1S/C27H26N6O3/c1-18-9-11-20(12-10-18)23-16-24(19-7-5-4-6-8-19)33-27(29-30-31-33)32(23)17-26(34)28-22-14-13-21(35-2)15-25(22)36-3/h4-16,24H,17H2,1-3H3,(H,28,34). The average Bonchev–Trinajstić information content (AvgIpc) is 3.40. The number of carbonyl (C=O) groups is 1. The van der Waals surface area contributed by atoms with Gasteiger partial charge in [0.1, 0.15) is 24.1 Å². The second kappa shape index (κ2) is 9.91. The van der Waals surface area contributed by atoms with Crippen LogP contribution in [0.2, 0.25) is 0 Å². The first-order chi connectivity index (χ1) is 17.6. The number of aryl methyl sites for hydroxylation is 1. The molecule has 0 aliphatic carbocycles. The first kappa shape index (κ1) is 23.1. The molecule has 1 atom stereocenters. The van der Waals surface area contributed by atoms with Crippen molar-refractivity contribution < 1.29 is 14.3 Å². The fourth-order valence-electron chi connectivity index (χ4n) is 4.22. The van der Waals surface area contributed by atoms with Crippen LogP contribution >= 0.6 is 0 Å². The van der Waals surface area contributed by atoms with E-state index >= 15 is 0 Å². The van der Waals surface area contributed by atoms with Crippen LogP contribution in [0.4, 0.5) is 11.6 Å². The summed E-state index contributed by atoms with van der Waals surface area (Å²) < 4.78 is 12.4. The van der Waals surface area contributed by atoms with E-state index in [9.17, 15) is 4.79 Å². The lowest BCUT2D eigenvalue weighted by Gasteiger charge is -2.32. The van der Waals surface area contributed by atoms with E-state index in [1.54, 1.807) is 37.1 Å². The normalized spacial score (nSPS) is 14.6. The molecule has 1 N–H and O–H groups in total. The van der Waals surface area contributed by atoms with Crippen molar-refractivity contribution >= 4 is 23.2 Å². The highest BCUT2D eigenvalue weighted by molar-refractivity contribution is 5.98. The number of allylic oxidation sites excluding steroid dienone is 1. The minimum atomic E-state index is -0.246. The summed E-state index contributed by atoms with van der Waals surface area (Å²) in [5, 5.41) is 15.4. The van der Waals surface area contributed by atoms with E-state index in [0.29, 0.717) is 23.1 Å². The van der Waals surface area contributed by atoms with Gasteiger partial charge in [0.25, 0.3) is 5.95 Å². The maximum absolute atomic E-state index is 13.3. The quantitative estimate of drug-likeness (QED) is 0.424. The van der Waals surface area contributed by atoms with Crippen molar-refractivity contribution in [2.24, 2.45) is 0 Å². The molecule has 2 heterocycles. The summed E-state index contributed by atoms with van der Waals surface area (Å²) in [6, 6.07) is 23.2. The number of fused-ring (bicyclic) bond motifs is 1. The predicted octanol–water partition coefficient (Wildman–Crippen LogP) is 4.09. The molecule has 0 fully saturated rings. The first-order valence-electron chi connectivity index (χ1n) is 11.5. The number of tetrazole rings is 1. The van der Waals surface area contributed by atoms with Gasteiger partial charge in [0.2, 0.25) is 5.91 Å². The van der Waals surface area contributed by atoms with Gasteiger partial charge in [-0.05, 0) is 46.7 Å². The second-order valence-electron chi connectivity index (χ2n) is 8.40. The molecule has 0 saturated heterocycles. The van der Waals surface area contributed by atoms with Crippen molar-refractivity contribution in [2.75, 3.05) is 31.0 Å². The Morgan fingerprint density at radius 2 is 1.78 bits per heavy atom. The fourth-order valence-corrected chi connectivity index (χ4v) is 4.22. The number of carbonyl (C=O) groups excluding carboxylic acids is 1. The van der Waals surface area contributed by atoms with Gasteiger partial charge in [-0.15, -0.1) is 0 Å². The Labute approximate surface area is 209 Å². The minimum absolute atomic E-state index is 0.00320. The zero-order valence-corrected chi connectivity index (χ0v) is 20.3. The largest absolute Gasteiger partial charge is 0.497 e. The fraction of sp³-hybridized carbons (Fsp3) is 0.185. The number of methoxy groups -OCH3 is 2. The second-order valence-corrected chi connectivity index (χ2v) is 8.40. The number of benzene rings is 3. The monoisotopic (exact) mass is 482 g/mol. The summed E-state index contributed by atoms with van der Waals surface area (Å²) in [4.78, 5) is 15.1. The summed E-state index contributed by atoms with van der Waals surface area (Å²) in [5.74, 6) is 1.38. The Hall–Kier alpha value is -4.66. The van der Waals surface area contributed by atoms with E-state index in [4.69, 9.17) is 9.47 Å². The third-order valence-corrected chi connectivity index (χ3v) is 6.06. The summed E-state index contributed by atoms with van der Waals surface area (Å²) in [6.07, 6.45) is 2.09. The summed E-state index contributed by atoms with van der Waals surface area (Å²) in [5.41, 5.74) is 4.55. The van der Waals surface area contributed by atoms with Crippen molar-refractivity contribution in [3.63, 3.8) is 0 Å². The lowest BCUT2D eigenvalue weighted by atomic mass is 10.00. The molecular weight excluding hydrogens is 456 g/mol. The van der Waals surface area contributed by atoms with Gasteiger partial charge in [0, 0.05) is 6.07 Å². The number of ether oxygens (including phenoxy) is 2. The SMILES string of the molecule is COc1ccc(NC(=O)CN2C(c3ccc(C)cc3)=CC(c3ccccc3)n3nnnc32)c(OC)c1. The third kappa shape index (κ3) is 4.50. The maximum Gasteiger partial charge on any atom is 0.251 e. The zero-order chi connectivity index (χ0) is 25.1. The van der Waals surface area contributed by atoms with Gasteiger partial charge in [-0.3, -0.25) is 9.69 Å². The molecule has 9 heteroatoms. The van der Waals surface area contributed by atoms with Crippen molar-refractivity contribution in [3.05, 3.63) is 95.6 Å². The van der Waals surface area contributed by atoms with Gasteiger partial charge in [-0.1, -0.05) is 65.3 Å². The van der Waals surface area contributed by atoms with Gasteiger partial charge in [0.05, 0.1) is 25.6 Å². The number of anilines is 2. The van der Waals surface area contributed by atoms with Crippen molar-refractivity contribution in [2.45, 2.75) is 13.0 Å². The number of hydrogen-bond acceptors (Lipinski definition) is 7. The number of nitrogens with one attached hydrogen (secondary N) is 1. The minimum Gasteiger partial charge on any atom is -0.497 e. The van der Waals surface area contributed by atoms with E-state index in [2.05, 4.69) is 26.9 Å². The molecule has 0 radical (unpaired) electrons. The molecule has 182 valence electrons. The molecule has 1 aliphatic rings. The van der Waals surface area contributed by atoms with Crippen LogP contribution in [-0.4, -0.2) is 46.9 Å². The van der Waals surface area contributed by atoms with Gasteiger partial charge >= 0.3 is 0 Å². The number of hydrogen-bond donors (Lipinski definition) is 1. The van der Waals surface area contributed by atoms with Crippen molar-refractivity contribution in [1.29, 1.82) is 0 Å². The molecule has 1 aromatic heterocycles. The summed E-state index contributed by atoms with van der Waals surface area (Å²) in [7, 11) is 3.13. The van der Waals surface area contributed by atoms with Gasteiger partial charge < -0.3 is 14.8 Å². The molecule has 1 amide bonds. The first-order valence-corrected chi connectivity index (χ1v) is 11.5. The molecule has 4 aromatic rings. The molecule has 0 spiro atoms. The van der Waals surface area contributed by atoms with Crippen LogP contribution in [0.15, 0.2) is 78.9 Å². The van der Waals surface area contributed by atoms with Crippen molar-refractivity contribution in [1.82, 2.24) is 20.2 Å². The molecule has 0 bridgehead atoms. The number of amides is 1. The zero-order valence-electron chi connectivity index (χ0n) is 20.3. The molecule has 36 heavy (non-hydrogen) atoms. The molecule has 9 nitrogen and oxygen atoms in total. The topological polar surface area (TPSA) is 94.4 Å². The Morgan fingerprint density at radius 3 is 2.50 bits per heavy atom. The van der Waals surface area contributed by atoms with Gasteiger partial charge in [-0.25, -0.2) is 0 Å². The Bertz CT molecular complexity index is 1400. The van der Waals surface area contributed by atoms with Crippen LogP contribution in [0.3, 0.4) is 0 Å². The van der Waals surface area contributed by atoms with E-state index in [1.165, 1.54) is 0 Å². The van der Waals surface area contributed by atoms with Crippen LogP contribution in [0.5, 0.6) is 11.5 Å². The smallest absolute Gasteiger partial charge is 0.251 e. The van der Waals surface area contributed by atoms with Gasteiger partial charge in [-0.2, -0.15) is 4.68 Å². The molecular formula is C27H26N6O3. The van der Waals surface area contributed by atoms with Crippen LogP contribution in [0, 0.1) is 6.92 Å². The molecule has 1 unspecified atom stereocenters. The number of aromatic nitrogens is 4. The van der Waals surface area contributed by atoms with Gasteiger partial charge in [0.15, 0.2) is 0 Å². The van der Waals surface area contributed by atoms with E-state index < -0.39 is 0 Å². The highest BCUT2D eigenvalue weighted by Gasteiger charge is 2.32. The van der Waals surface area contributed by atoms with E-state index in [0.717, 1.165) is 22.4 Å². The number of rotatable bonds is 7. The predicted molar refractivity (Wildman–Crippen MR) is 137 cm³/mol. The molecule has 3 aromatic carbocycles. The van der Waals surface area contributed by atoms with Crippen LogP contribution in [0.1, 0.15) is 22.7 Å². The van der Waals surface area contributed by atoms with Crippen LogP contribution in [-0.2, 0) is 4.79 Å². The molecule has 5 rings (SSSR count). The number of nitrogens with zero attached hydrogens (tertiary/aromatic N) is 5. The lowest BCUT2D eigenvalue weighted by Crippen LogP contribution is -2.37. The summed E-state index contributed by atoms with van der Waals surface area (Å²) in [6.45, 7) is 2.04. The van der Waals surface area contributed by atoms with E-state index in [1.807, 2.05) is 66.4 Å². The Balaban J connectivity index is 1.51. The Morgan fingerprint density at radius 1 is 1.00 bits per heavy atom.